The van der Waals surface area contributed by atoms with Gasteiger partial charge >= 0.3 is 0 Å². The van der Waals surface area contributed by atoms with E-state index in [2.05, 4.69) is 21.4 Å². The van der Waals surface area contributed by atoms with Gasteiger partial charge in [0.25, 0.3) is 0 Å². The maximum atomic E-state index is 11.6. The van der Waals surface area contributed by atoms with E-state index in [0.29, 0.717) is 5.92 Å². The number of nitrogens with zero attached hydrogens (tertiary/aromatic N) is 2. The molecule has 1 aromatic carbocycles. The minimum atomic E-state index is -1.96. The Morgan fingerprint density at radius 3 is 2.70 bits per heavy atom. The van der Waals surface area contributed by atoms with Crippen molar-refractivity contribution in [3.8, 4) is 0 Å². The summed E-state index contributed by atoms with van der Waals surface area (Å²) in [7, 11) is -1.96. The molecular formula is C15H23ClN2OS. The van der Waals surface area contributed by atoms with Gasteiger partial charge in [-0.1, -0.05) is 23.7 Å². The van der Waals surface area contributed by atoms with Gasteiger partial charge in [-0.05, 0) is 43.0 Å². The van der Waals surface area contributed by atoms with Crippen molar-refractivity contribution in [3.05, 3.63) is 34.9 Å². The van der Waals surface area contributed by atoms with E-state index in [-0.39, 0.29) is 0 Å². The van der Waals surface area contributed by atoms with E-state index in [1.165, 1.54) is 18.4 Å². The molecule has 0 bridgehead atoms. The minimum absolute atomic E-state index is 0.539. The molecule has 0 aliphatic carbocycles. The van der Waals surface area contributed by atoms with Crippen LogP contribution in [0, 0.1) is 5.92 Å². The average Bonchev–Trinajstić information content (AvgIpc) is 2.39. The smallest absolute Gasteiger partial charge is 0.0524 e. The quantitative estimate of drug-likeness (QED) is 0.854. The van der Waals surface area contributed by atoms with E-state index < -0.39 is 9.73 Å². The highest BCUT2D eigenvalue weighted by Gasteiger charge is 2.19. The Bertz CT molecular complexity index is 541. The van der Waals surface area contributed by atoms with Gasteiger partial charge in [-0.25, -0.2) is 4.36 Å². The van der Waals surface area contributed by atoms with Crippen LogP contribution in [0.5, 0.6) is 0 Å². The maximum absolute atomic E-state index is 11.6. The number of rotatable bonds is 4. The fourth-order valence-corrected chi connectivity index (χ4v) is 3.27. The predicted octanol–water partition coefficient (Wildman–Crippen LogP) is 3.28. The summed E-state index contributed by atoms with van der Waals surface area (Å²) >= 11 is 5.91. The van der Waals surface area contributed by atoms with Gasteiger partial charge in [-0.3, -0.25) is 9.11 Å². The zero-order valence-electron chi connectivity index (χ0n) is 12.2. The van der Waals surface area contributed by atoms with Gasteiger partial charge in [0.15, 0.2) is 0 Å². The third-order valence-electron chi connectivity index (χ3n) is 3.57. The van der Waals surface area contributed by atoms with Crippen LogP contribution in [-0.2, 0) is 16.3 Å². The first kappa shape index (κ1) is 15.8. The zero-order valence-corrected chi connectivity index (χ0v) is 13.8. The minimum Gasteiger partial charge on any atom is -0.299 e. The van der Waals surface area contributed by atoms with Crippen molar-refractivity contribution in [2.75, 3.05) is 32.1 Å². The van der Waals surface area contributed by atoms with Gasteiger partial charge in [0.2, 0.25) is 0 Å². The summed E-state index contributed by atoms with van der Waals surface area (Å²) in [5, 5.41) is 0.782. The molecule has 1 unspecified atom stereocenters. The highest BCUT2D eigenvalue weighted by Crippen LogP contribution is 2.20. The highest BCUT2D eigenvalue weighted by atomic mass is 35.5. The van der Waals surface area contributed by atoms with Crippen LogP contribution in [0.1, 0.15) is 18.4 Å². The Morgan fingerprint density at radius 1 is 1.35 bits per heavy atom. The van der Waals surface area contributed by atoms with Crippen molar-refractivity contribution < 1.29 is 4.21 Å². The molecule has 0 amide bonds. The molecule has 0 N–H and O–H groups in total. The number of likely N-dealkylation sites (tertiary alicyclic amines) is 1. The second-order valence-electron chi connectivity index (χ2n) is 5.86. The summed E-state index contributed by atoms with van der Waals surface area (Å²) in [6.45, 7) is 3.86. The second-order valence-corrected chi connectivity index (χ2v) is 8.92. The molecule has 1 fully saturated rings. The molecule has 1 atom stereocenters. The normalized spacial score (nSPS) is 20.9. The van der Waals surface area contributed by atoms with Gasteiger partial charge in [-0.2, -0.15) is 0 Å². The van der Waals surface area contributed by atoms with Crippen LogP contribution in [-0.4, -0.2) is 41.3 Å². The van der Waals surface area contributed by atoms with Crippen molar-refractivity contribution >= 4 is 21.3 Å². The molecule has 2 rings (SSSR count). The van der Waals surface area contributed by atoms with Crippen molar-refractivity contribution in [1.82, 2.24) is 4.90 Å². The van der Waals surface area contributed by atoms with Gasteiger partial charge in [-0.15, -0.1) is 0 Å². The van der Waals surface area contributed by atoms with Crippen molar-refractivity contribution in [1.29, 1.82) is 0 Å². The fraction of sp³-hybridized carbons (Fsp3) is 0.600. The zero-order chi connectivity index (χ0) is 14.6. The van der Waals surface area contributed by atoms with Gasteiger partial charge in [0, 0.05) is 40.4 Å². The molecule has 0 aromatic heterocycles. The molecule has 5 heteroatoms. The molecule has 20 heavy (non-hydrogen) atoms. The number of halogens is 1. The molecule has 1 aromatic rings. The molecule has 3 nitrogen and oxygen atoms in total. The van der Waals surface area contributed by atoms with Crippen LogP contribution in [0.25, 0.3) is 0 Å². The topological polar surface area (TPSA) is 32.7 Å². The van der Waals surface area contributed by atoms with Crippen molar-refractivity contribution in [2.24, 2.45) is 10.3 Å². The molecule has 112 valence electrons. The molecule has 1 aliphatic heterocycles. The van der Waals surface area contributed by atoms with Crippen LogP contribution in [0.15, 0.2) is 28.6 Å². The van der Waals surface area contributed by atoms with Crippen LogP contribution >= 0.6 is 11.6 Å². The summed E-state index contributed by atoms with van der Waals surface area (Å²) in [5.74, 6) is 0.539. The number of benzene rings is 1. The SMILES string of the molecule is CS(C)(=O)=NCC1CCCN(Cc2ccc(Cl)cc2)C1. The van der Waals surface area contributed by atoms with E-state index in [0.717, 1.165) is 31.2 Å². The number of hydrogen-bond donors (Lipinski definition) is 0. The Hall–Kier alpha value is -0.580. The van der Waals surface area contributed by atoms with E-state index in [1.807, 2.05) is 12.1 Å². The molecule has 1 heterocycles. The summed E-state index contributed by atoms with van der Waals surface area (Å²) < 4.78 is 16.0. The van der Waals surface area contributed by atoms with Crippen LogP contribution < -0.4 is 0 Å². The Morgan fingerprint density at radius 2 is 2.05 bits per heavy atom. The first-order valence-electron chi connectivity index (χ1n) is 7.02. The Labute approximate surface area is 127 Å². The summed E-state index contributed by atoms with van der Waals surface area (Å²) in [6, 6.07) is 8.05. The van der Waals surface area contributed by atoms with Gasteiger partial charge < -0.3 is 0 Å². The average molecular weight is 315 g/mol. The molecule has 0 radical (unpaired) electrons. The molecule has 0 spiro atoms. The largest absolute Gasteiger partial charge is 0.299 e. The Balaban J connectivity index is 1.90. The summed E-state index contributed by atoms with van der Waals surface area (Å²) in [5.41, 5.74) is 1.29. The van der Waals surface area contributed by atoms with Crippen LogP contribution in [0.3, 0.4) is 0 Å². The maximum Gasteiger partial charge on any atom is 0.0524 e. The summed E-state index contributed by atoms with van der Waals surface area (Å²) in [4.78, 5) is 2.46. The lowest BCUT2D eigenvalue weighted by Gasteiger charge is -2.32. The molecular weight excluding hydrogens is 292 g/mol. The van der Waals surface area contributed by atoms with E-state index in [4.69, 9.17) is 11.6 Å². The number of hydrogen-bond acceptors (Lipinski definition) is 3. The first-order chi connectivity index (χ1) is 9.42. The van der Waals surface area contributed by atoms with Crippen molar-refractivity contribution in [3.63, 3.8) is 0 Å². The van der Waals surface area contributed by atoms with Gasteiger partial charge in [0.05, 0.1) is 6.54 Å². The van der Waals surface area contributed by atoms with Gasteiger partial charge in [0.1, 0.15) is 0 Å². The second kappa shape index (κ2) is 6.92. The highest BCUT2D eigenvalue weighted by molar-refractivity contribution is 7.92. The third-order valence-corrected chi connectivity index (χ3v) is 4.59. The molecule has 0 saturated carbocycles. The lowest BCUT2D eigenvalue weighted by Crippen LogP contribution is -2.36. The molecule has 1 saturated heterocycles. The lowest BCUT2D eigenvalue weighted by molar-refractivity contribution is 0.171. The first-order valence-corrected chi connectivity index (χ1v) is 9.73. The predicted molar refractivity (Wildman–Crippen MR) is 86.7 cm³/mol. The standard InChI is InChI=1S/C15H23ClN2OS/c1-20(2,19)17-10-14-4-3-9-18(12-14)11-13-5-7-15(16)8-6-13/h5-8,14H,3-4,9-12H2,1-2H3. The monoisotopic (exact) mass is 314 g/mol. The molecule has 1 aliphatic rings. The third kappa shape index (κ3) is 5.43. The van der Waals surface area contributed by atoms with E-state index >= 15 is 0 Å². The Kier molecular flexibility index (Phi) is 5.47. The van der Waals surface area contributed by atoms with E-state index in [1.54, 1.807) is 12.5 Å². The summed E-state index contributed by atoms with van der Waals surface area (Å²) in [6.07, 6.45) is 5.81. The van der Waals surface area contributed by atoms with Crippen LogP contribution in [0.2, 0.25) is 5.02 Å². The van der Waals surface area contributed by atoms with Crippen molar-refractivity contribution in [2.45, 2.75) is 19.4 Å². The fourth-order valence-electron chi connectivity index (χ4n) is 2.58. The van der Waals surface area contributed by atoms with Crippen LogP contribution in [0.4, 0.5) is 0 Å². The lowest BCUT2D eigenvalue weighted by atomic mass is 9.98. The van der Waals surface area contributed by atoms with E-state index in [9.17, 15) is 4.21 Å². The number of piperidine rings is 1.